The molecule has 122 valence electrons. The predicted octanol–water partition coefficient (Wildman–Crippen LogP) is 1.37. The molecule has 2 heterocycles. The first kappa shape index (κ1) is 16.9. The lowest BCUT2D eigenvalue weighted by atomic mass is 10.0. The molecule has 1 atom stereocenters. The van der Waals surface area contributed by atoms with E-state index in [9.17, 15) is 14.4 Å². The standard InChI is InChI=1S/C15H18N4O3S/c1-3-8(2)10-5-4-9(15(22)19-10)14(21)17-6-12-18-11(7-23-12)13(16)20/h4-5,7-8H,3,6H2,1-2H3,(H2,16,20)(H,17,21)(H,19,22). The van der Waals surface area contributed by atoms with Gasteiger partial charge in [0.2, 0.25) is 0 Å². The summed E-state index contributed by atoms with van der Waals surface area (Å²) in [6, 6.07) is 3.27. The molecule has 2 rings (SSSR count). The van der Waals surface area contributed by atoms with E-state index in [4.69, 9.17) is 5.73 Å². The highest BCUT2D eigenvalue weighted by molar-refractivity contribution is 7.09. The van der Waals surface area contributed by atoms with Gasteiger partial charge in [0.25, 0.3) is 17.4 Å². The molecule has 2 amide bonds. The van der Waals surface area contributed by atoms with Gasteiger partial charge in [-0.1, -0.05) is 13.8 Å². The molecule has 0 saturated carbocycles. The zero-order chi connectivity index (χ0) is 17.0. The van der Waals surface area contributed by atoms with Crippen LogP contribution >= 0.6 is 11.3 Å². The number of rotatable bonds is 6. The van der Waals surface area contributed by atoms with Crippen molar-refractivity contribution in [2.75, 3.05) is 0 Å². The van der Waals surface area contributed by atoms with E-state index in [-0.39, 0.29) is 23.7 Å². The Morgan fingerprint density at radius 2 is 2.17 bits per heavy atom. The van der Waals surface area contributed by atoms with E-state index in [0.717, 1.165) is 12.1 Å². The SMILES string of the molecule is CCC(C)c1ccc(C(=O)NCc2nc(C(N)=O)cs2)c(=O)[nH]1. The number of carbonyl (C=O) groups is 2. The molecular weight excluding hydrogens is 316 g/mol. The first-order chi connectivity index (χ1) is 10.9. The highest BCUT2D eigenvalue weighted by atomic mass is 32.1. The number of nitrogens with one attached hydrogen (secondary N) is 2. The Kier molecular flexibility index (Phi) is 5.28. The normalized spacial score (nSPS) is 11.9. The summed E-state index contributed by atoms with van der Waals surface area (Å²) in [5.74, 6) is -0.879. The summed E-state index contributed by atoms with van der Waals surface area (Å²) in [4.78, 5) is 41.8. The first-order valence-corrected chi connectivity index (χ1v) is 8.06. The Hall–Kier alpha value is -2.48. The van der Waals surface area contributed by atoms with Crippen molar-refractivity contribution in [3.63, 3.8) is 0 Å². The van der Waals surface area contributed by atoms with E-state index in [1.54, 1.807) is 6.07 Å². The quantitative estimate of drug-likeness (QED) is 0.739. The van der Waals surface area contributed by atoms with Crippen LogP contribution in [0.3, 0.4) is 0 Å². The number of aromatic amines is 1. The molecule has 2 aromatic rings. The molecule has 0 aliphatic heterocycles. The summed E-state index contributed by atoms with van der Waals surface area (Å²) in [6.07, 6.45) is 0.897. The van der Waals surface area contributed by atoms with Crippen LogP contribution in [0.4, 0.5) is 0 Å². The van der Waals surface area contributed by atoms with E-state index in [0.29, 0.717) is 5.01 Å². The van der Waals surface area contributed by atoms with Crippen molar-refractivity contribution in [2.45, 2.75) is 32.7 Å². The van der Waals surface area contributed by atoms with Crippen molar-refractivity contribution in [1.29, 1.82) is 0 Å². The van der Waals surface area contributed by atoms with Crippen LogP contribution in [-0.2, 0) is 6.54 Å². The van der Waals surface area contributed by atoms with Crippen LogP contribution in [0.25, 0.3) is 0 Å². The number of nitrogens with two attached hydrogens (primary N) is 1. The van der Waals surface area contributed by atoms with E-state index >= 15 is 0 Å². The fraction of sp³-hybridized carbons (Fsp3) is 0.333. The van der Waals surface area contributed by atoms with Crippen LogP contribution < -0.4 is 16.6 Å². The largest absolute Gasteiger partial charge is 0.364 e. The molecule has 0 aliphatic carbocycles. The number of pyridine rings is 1. The number of carbonyl (C=O) groups excluding carboxylic acids is 2. The van der Waals surface area contributed by atoms with Crippen molar-refractivity contribution < 1.29 is 9.59 Å². The highest BCUT2D eigenvalue weighted by Crippen LogP contribution is 2.14. The minimum Gasteiger partial charge on any atom is -0.364 e. The molecule has 0 spiro atoms. The minimum atomic E-state index is -0.615. The van der Waals surface area contributed by atoms with Gasteiger partial charge in [-0.3, -0.25) is 14.4 Å². The van der Waals surface area contributed by atoms with E-state index < -0.39 is 17.4 Å². The molecule has 0 aliphatic rings. The van der Waals surface area contributed by atoms with Gasteiger partial charge >= 0.3 is 0 Å². The molecule has 7 nitrogen and oxygen atoms in total. The van der Waals surface area contributed by atoms with E-state index in [1.165, 1.54) is 22.8 Å². The van der Waals surface area contributed by atoms with Crippen molar-refractivity contribution in [3.8, 4) is 0 Å². The molecule has 0 bridgehead atoms. The second kappa shape index (κ2) is 7.19. The lowest BCUT2D eigenvalue weighted by Crippen LogP contribution is -2.29. The van der Waals surface area contributed by atoms with Crippen molar-refractivity contribution in [3.05, 3.63) is 49.8 Å². The summed E-state index contributed by atoms with van der Waals surface area (Å²) in [6.45, 7) is 4.16. The van der Waals surface area contributed by atoms with Gasteiger partial charge in [0.15, 0.2) is 0 Å². The summed E-state index contributed by atoms with van der Waals surface area (Å²) in [5, 5.41) is 4.67. The lowest BCUT2D eigenvalue weighted by molar-refractivity contribution is 0.0948. The number of nitrogens with zero attached hydrogens (tertiary/aromatic N) is 1. The number of hydrogen-bond donors (Lipinski definition) is 3. The Labute approximate surface area is 136 Å². The monoisotopic (exact) mass is 334 g/mol. The van der Waals surface area contributed by atoms with Crippen molar-refractivity contribution in [1.82, 2.24) is 15.3 Å². The van der Waals surface area contributed by atoms with Gasteiger partial charge in [0.05, 0.1) is 6.54 Å². The maximum absolute atomic E-state index is 12.1. The third-order valence-corrected chi connectivity index (χ3v) is 4.37. The smallest absolute Gasteiger partial charge is 0.268 e. The molecule has 8 heteroatoms. The van der Waals surface area contributed by atoms with Gasteiger partial charge in [0.1, 0.15) is 16.3 Å². The predicted molar refractivity (Wildman–Crippen MR) is 87.6 cm³/mol. The van der Waals surface area contributed by atoms with Gasteiger partial charge in [-0.2, -0.15) is 0 Å². The molecule has 1 unspecified atom stereocenters. The number of aromatic nitrogens is 2. The summed E-state index contributed by atoms with van der Waals surface area (Å²) in [7, 11) is 0. The zero-order valence-electron chi connectivity index (χ0n) is 12.9. The number of H-pyrrole nitrogens is 1. The van der Waals surface area contributed by atoms with Gasteiger partial charge in [-0.15, -0.1) is 11.3 Å². The van der Waals surface area contributed by atoms with E-state index in [2.05, 4.69) is 15.3 Å². The fourth-order valence-electron chi connectivity index (χ4n) is 1.93. The third kappa shape index (κ3) is 4.04. The topological polar surface area (TPSA) is 118 Å². The summed E-state index contributed by atoms with van der Waals surface area (Å²) >= 11 is 1.22. The summed E-state index contributed by atoms with van der Waals surface area (Å²) < 4.78 is 0. The number of hydrogen-bond acceptors (Lipinski definition) is 5. The highest BCUT2D eigenvalue weighted by Gasteiger charge is 2.14. The molecule has 0 radical (unpaired) electrons. The first-order valence-electron chi connectivity index (χ1n) is 7.18. The second-order valence-corrected chi connectivity index (χ2v) is 6.08. The van der Waals surface area contributed by atoms with Gasteiger partial charge in [-0.25, -0.2) is 4.98 Å². The zero-order valence-corrected chi connectivity index (χ0v) is 13.7. The van der Waals surface area contributed by atoms with Crippen LogP contribution in [0, 0.1) is 0 Å². The lowest BCUT2D eigenvalue weighted by Gasteiger charge is -2.09. The Morgan fingerprint density at radius 1 is 1.43 bits per heavy atom. The van der Waals surface area contributed by atoms with Crippen LogP contribution in [0.15, 0.2) is 22.3 Å². The number of thiazole rings is 1. The van der Waals surface area contributed by atoms with Crippen LogP contribution in [0.1, 0.15) is 57.7 Å². The molecular formula is C15H18N4O3S. The maximum Gasteiger partial charge on any atom is 0.268 e. The van der Waals surface area contributed by atoms with Crippen LogP contribution in [0.5, 0.6) is 0 Å². The minimum absolute atomic E-state index is 0.0451. The number of primary amides is 1. The average molecular weight is 334 g/mol. The third-order valence-electron chi connectivity index (χ3n) is 3.52. The molecule has 2 aromatic heterocycles. The molecule has 4 N–H and O–H groups in total. The van der Waals surface area contributed by atoms with Gasteiger partial charge in [-0.05, 0) is 24.5 Å². The van der Waals surface area contributed by atoms with Gasteiger partial charge < -0.3 is 16.0 Å². The Morgan fingerprint density at radius 3 is 2.74 bits per heavy atom. The molecule has 0 fully saturated rings. The van der Waals surface area contributed by atoms with Crippen molar-refractivity contribution in [2.24, 2.45) is 5.73 Å². The second-order valence-electron chi connectivity index (χ2n) is 5.14. The van der Waals surface area contributed by atoms with Crippen LogP contribution in [0.2, 0.25) is 0 Å². The molecule has 0 saturated heterocycles. The van der Waals surface area contributed by atoms with Crippen LogP contribution in [-0.4, -0.2) is 21.8 Å². The average Bonchev–Trinajstić information content (AvgIpc) is 3.01. The molecule has 0 aromatic carbocycles. The summed E-state index contributed by atoms with van der Waals surface area (Å²) in [5.41, 5.74) is 5.71. The Balaban J connectivity index is 2.05. The van der Waals surface area contributed by atoms with E-state index in [1.807, 2.05) is 13.8 Å². The maximum atomic E-state index is 12.1. The molecule has 23 heavy (non-hydrogen) atoms. The fourth-order valence-corrected chi connectivity index (χ4v) is 2.65. The van der Waals surface area contributed by atoms with Crippen molar-refractivity contribution >= 4 is 23.2 Å². The Bertz CT molecular complexity index is 781. The number of amides is 2. The van der Waals surface area contributed by atoms with Gasteiger partial charge in [0, 0.05) is 11.1 Å².